The first-order chi connectivity index (χ1) is 8.70. The summed E-state index contributed by atoms with van der Waals surface area (Å²) in [6.45, 7) is 5.36. The van der Waals surface area contributed by atoms with E-state index < -0.39 is 11.9 Å². The Hall–Kier alpha value is -1.90. The smallest absolute Gasteiger partial charge is 0.321 e. The van der Waals surface area contributed by atoms with Gasteiger partial charge in [0.05, 0.1) is 6.26 Å². The maximum Gasteiger partial charge on any atom is 0.321 e. The van der Waals surface area contributed by atoms with Crippen LogP contribution in [0, 0.1) is 5.92 Å². The third-order valence-corrected chi connectivity index (χ3v) is 2.71. The number of benzene rings is 1. The zero-order valence-electron chi connectivity index (χ0n) is 10.6. The van der Waals surface area contributed by atoms with Crippen LogP contribution in [0.25, 0.3) is 0 Å². The molecule has 0 saturated heterocycles. The van der Waals surface area contributed by atoms with Crippen molar-refractivity contribution >= 4 is 11.8 Å². The molecule has 0 N–H and O–H groups in total. The third kappa shape index (κ3) is 3.84. The standard InChI is InChI=1S/C15H18O3/c1-3-5-11-13(15(17)18-4-2)14(16)12-9-7-6-8-10-12/h4,6-10,13H,2-3,5,11H2,1H3. The highest BCUT2D eigenvalue weighted by atomic mass is 16.5. The Balaban J connectivity index is 2.85. The largest absolute Gasteiger partial charge is 0.435 e. The summed E-state index contributed by atoms with van der Waals surface area (Å²) in [5.41, 5.74) is 0.541. The van der Waals surface area contributed by atoms with E-state index in [9.17, 15) is 9.59 Å². The number of carbonyl (C=O) groups excluding carboxylic acids is 2. The topological polar surface area (TPSA) is 43.4 Å². The van der Waals surface area contributed by atoms with Crippen molar-refractivity contribution in [2.24, 2.45) is 5.92 Å². The number of esters is 1. The summed E-state index contributed by atoms with van der Waals surface area (Å²) in [7, 11) is 0. The molecular weight excluding hydrogens is 228 g/mol. The predicted octanol–water partition coefficient (Wildman–Crippen LogP) is 3.36. The second-order valence-electron chi connectivity index (χ2n) is 4.03. The minimum absolute atomic E-state index is 0.184. The van der Waals surface area contributed by atoms with E-state index in [1.165, 1.54) is 0 Å². The van der Waals surface area contributed by atoms with Gasteiger partial charge < -0.3 is 4.74 Å². The average Bonchev–Trinajstić information content (AvgIpc) is 2.40. The Labute approximate surface area is 107 Å². The molecule has 1 aromatic rings. The first kappa shape index (κ1) is 14.2. The van der Waals surface area contributed by atoms with Gasteiger partial charge in [0.25, 0.3) is 0 Å². The molecule has 0 amide bonds. The molecule has 0 fully saturated rings. The van der Waals surface area contributed by atoms with Gasteiger partial charge in [-0.2, -0.15) is 0 Å². The van der Waals surface area contributed by atoms with Gasteiger partial charge in [0.15, 0.2) is 5.78 Å². The zero-order chi connectivity index (χ0) is 13.4. The minimum Gasteiger partial charge on any atom is -0.435 e. The number of hydrogen-bond acceptors (Lipinski definition) is 3. The van der Waals surface area contributed by atoms with Gasteiger partial charge >= 0.3 is 5.97 Å². The molecule has 0 aromatic heterocycles. The van der Waals surface area contributed by atoms with Crippen molar-refractivity contribution in [2.75, 3.05) is 0 Å². The van der Waals surface area contributed by atoms with Gasteiger partial charge in [-0.1, -0.05) is 56.7 Å². The van der Waals surface area contributed by atoms with Crippen LogP contribution in [0.2, 0.25) is 0 Å². The van der Waals surface area contributed by atoms with Gasteiger partial charge in [-0.05, 0) is 6.42 Å². The summed E-state index contributed by atoms with van der Waals surface area (Å²) >= 11 is 0. The highest BCUT2D eigenvalue weighted by molar-refractivity contribution is 6.08. The van der Waals surface area contributed by atoms with E-state index >= 15 is 0 Å². The van der Waals surface area contributed by atoms with Crippen molar-refractivity contribution in [2.45, 2.75) is 26.2 Å². The fourth-order valence-electron chi connectivity index (χ4n) is 1.73. The number of hydrogen-bond donors (Lipinski definition) is 0. The van der Waals surface area contributed by atoms with Crippen molar-refractivity contribution in [3.63, 3.8) is 0 Å². The predicted molar refractivity (Wildman–Crippen MR) is 70.1 cm³/mol. The Morgan fingerprint density at radius 3 is 2.56 bits per heavy atom. The lowest BCUT2D eigenvalue weighted by molar-refractivity contribution is -0.141. The first-order valence-corrected chi connectivity index (χ1v) is 6.11. The Morgan fingerprint density at radius 2 is 2.00 bits per heavy atom. The van der Waals surface area contributed by atoms with E-state index in [-0.39, 0.29) is 5.78 Å². The Morgan fingerprint density at radius 1 is 1.33 bits per heavy atom. The maximum absolute atomic E-state index is 12.2. The Kier molecular flexibility index (Phi) is 5.85. The summed E-state index contributed by atoms with van der Waals surface area (Å²) in [5, 5.41) is 0. The third-order valence-electron chi connectivity index (χ3n) is 2.71. The molecule has 1 atom stereocenters. The lowest BCUT2D eigenvalue weighted by Gasteiger charge is -2.13. The van der Waals surface area contributed by atoms with E-state index in [0.717, 1.165) is 19.1 Å². The summed E-state index contributed by atoms with van der Waals surface area (Å²) in [4.78, 5) is 24.0. The van der Waals surface area contributed by atoms with Crippen molar-refractivity contribution in [3.8, 4) is 0 Å². The van der Waals surface area contributed by atoms with Gasteiger partial charge in [0.1, 0.15) is 5.92 Å². The fraction of sp³-hybridized carbons (Fsp3) is 0.333. The van der Waals surface area contributed by atoms with Gasteiger partial charge in [0.2, 0.25) is 0 Å². The van der Waals surface area contributed by atoms with Gasteiger partial charge in [-0.15, -0.1) is 0 Å². The second-order valence-corrected chi connectivity index (χ2v) is 4.03. The normalized spacial score (nSPS) is 11.6. The number of rotatable bonds is 7. The van der Waals surface area contributed by atoms with Crippen LogP contribution in [0.5, 0.6) is 0 Å². The molecule has 1 unspecified atom stereocenters. The molecule has 1 rings (SSSR count). The highest BCUT2D eigenvalue weighted by Gasteiger charge is 2.27. The van der Waals surface area contributed by atoms with Crippen LogP contribution in [0.15, 0.2) is 43.2 Å². The summed E-state index contributed by atoms with van der Waals surface area (Å²) in [5.74, 6) is -1.44. The minimum atomic E-state index is -0.731. The van der Waals surface area contributed by atoms with Gasteiger partial charge in [0, 0.05) is 5.56 Å². The van der Waals surface area contributed by atoms with Crippen LogP contribution in [0.4, 0.5) is 0 Å². The summed E-state index contributed by atoms with van der Waals surface area (Å²) in [6, 6.07) is 8.82. The molecule has 0 radical (unpaired) electrons. The van der Waals surface area contributed by atoms with Crippen LogP contribution in [-0.2, 0) is 9.53 Å². The number of carbonyl (C=O) groups is 2. The number of unbranched alkanes of at least 4 members (excludes halogenated alkanes) is 1. The molecule has 0 aliphatic carbocycles. The number of ketones is 1. The molecule has 0 spiro atoms. The van der Waals surface area contributed by atoms with Crippen LogP contribution < -0.4 is 0 Å². The van der Waals surface area contributed by atoms with Crippen LogP contribution >= 0.6 is 0 Å². The first-order valence-electron chi connectivity index (χ1n) is 6.11. The zero-order valence-corrected chi connectivity index (χ0v) is 10.6. The second kappa shape index (κ2) is 7.43. The van der Waals surface area contributed by atoms with Crippen molar-refractivity contribution < 1.29 is 14.3 Å². The van der Waals surface area contributed by atoms with Crippen molar-refractivity contribution in [1.29, 1.82) is 0 Å². The molecule has 3 heteroatoms. The maximum atomic E-state index is 12.2. The van der Waals surface area contributed by atoms with Crippen LogP contribution in [0.3, 0.4) is 0 Å². The van der Waals surface area contributed by atoms with Crippen LogP contribution in [-0.4, -0.2) is 11.8 Å². The number of ether oxygens (including phenoxy) is 1. The SMILES string of the molecule is C=COC(=O)C(CCCC)C(=O)c1ccccc1. The van der Waals surface area contributed by atoms with Crippen LogP contribution in [0.1, 0.15) is 36.5 Å². The van der Waals surface area contributed by atoms with E-state index in [2.05, 4.69) is 6.58 Å². The fourth-order valence-corrected chi connectivity index (χ4v) is 1.73. The van der Waals surface area contributed by atoms with Crippen molar-refractivity contribution in [3.05, 3.63) is 48.7 Å². The van der Waals surface area contributed by atoms with E-state index in [4.69, 9.17) is 4.74 Å². The van der Waals surface area contributed by atoms with Gasteiger partial charge in [-0.3, -0.25) is 9.59 Å². The molecule has 1 aromatic carbocycles. The lowest BCUT2D eigenvalue weighted by atomic mass is 9.93. The molecule has 0 heterocycles. The average molecular weight is 246 g/mol. The molecule has 18 heavy (non-hydrogen) atoms. The lowest BCUT2D eigenvalue weighted by Crippen LogP contribution is -2.25. The molecule has 0 bridgehead atoms. The van der Waals surface area contributed by atoms with Crippen molar-refractivity contribution in [1.82, 2.24) is 0 Å². The molecule has 0 saturated carbocycles. The van der Waals surface area contributed by atoms with E-state index in [1.54, 1.807) is 24.3 Å². The molecular formula is C15H18O3. The molecule has 96 valence electrons. The monoisotopic (exact) mass is 246 g/mol. The van der Waals surface area contributed by atoms with Gasteiger partial charge in [-0.25, -0.2) is 0 Å². The summed E-state index contributed by atoms with van der Waals surface area (Å²) < 4.78 is 4.75. The summed E-state index contributed by atoms with van der Waals surface area (Å²) in [6.07, 6.45) is 3.33. The number of Topliss-reactive ketones (excluding diaryl/α,β-unsaturated/α-hetero) is 1. The quantitative estimate of drug-likeness (QED) is 0.320. The molecule has 0 aliphatic rings. The van der Waals surface area contributed by atoms with E-state index in [1.807, 2.05) is 13.0 Å². The van der Waals surface area contributed by atoms with E-state index in [0.29, 0.717) is 12.0 Å². The highest BCUT2D eigenvalue weighted by Crippen LogP contribution is 2.17. The Bertz CT molecular complexity index is 409. The molecule has 0 aliphatic heterocycles. The molecule has 3 nitrogen and oxygen atoms in total.